The molecule has 3 aromatic carbocycles. The normalized spacial score (nSPS) is 13.1. The molecule has 166 valence electrons. The molecule has 1 amide bonds. The van der Waals surface area contributed by atoms with Crippen LogP contribution in [0, 0.1) is 5.82 Å². The minimum absolute atomic E-state index is 0.0535. The third-order valence-corrected chi connectivity index (χ3v) is 5.43. The highest BCUT2D eigenvalue weighted by Gasteiger charge is 2.14. The van der Waals surface area contributed by atoms with E-state index in [1.165, 1.54) is 18.2 Å². The Morgan fingerprint density at radius 2 is 1.75 bits per heavy atom. The van der Waals surface area contributed by atoms with Crippen molar-refractivity contribution >= 4 is 40.9 Å². The van der Waals surface area contributed by atoms with E-state index in [0.29, 0.717) is 21.2 Å². The topological polar surface area (TPSA) is 58.6 Å². The second kappa shape index (κ2) is 10.6. The van der Waals surface area contributed by atoms with Crippen molar-refractivity contribution in [3.63, 3.8) is 0 Å². The van der Waals surface area contributed by atoms with Crippen LogP contribution in [0.2, 0.25) is 10.0 Å². The Bertz CT molecular complexity index is 1150. The summed E-state index contributed by atoms with van der Waals surface area (Å²) in [5.74, 6) is -0.987. The molecule has 0 aliphatic rings. The van der Waals surface area contributed by atoms with E-state index in [9.17, 15) is 14.3 Å². The van der Waals surface area contributed by atoms with Crippen molar-refractivity contribution in [2.24, 2.45) is 0 Å². The van der Waals surface area contributed by atoms with E-state index in [1.807, 2.05) is 18.2 Å². The summed E-state index contributed by atoms with van der Waals surface area (Å²) in [6.07, 6.45) is 1.72. The lowest BCUT2D eigenvalue weighted by molar-refractivity contribution is -0.111. The van der Waals surface area contributed by atoms with E-state index in [0.717, 1.165) is 5.56 Å². The molecule has 7 heteroatoms. The van der Waals surface area contributed by atoms with Gasteiger partial charge in [0.2, 0.25) is 5.91 Å². The Balaban J connectivity index is 1.65. The zero-order valence-electron chi connectivity index (χ0n) is 17.5. The van der Waals surface area contributed by atoms with Crippen LogP contribution in [-0.2, 0) is 4.79 Å². The van der Waals surface area contributed by atoms with Gasteiger partial charge in [-0.05, 0) is 61.4 Å². The van der Waals surface area contributed by atoms with Gasteiger partial charge in [-0.1, -0.05) is 47.5 Å². The predicted octanol–water partition coefficient (Wildman–Crippen LogP) is 6.98. The van der Waals surface area contributed by atoms with E-state index in [1.54, 1.807) is 50.3 Å². The smallest absolute Gasteiger partial charge is 0.248 e. The molecule has 2 atom stereocenters. The number of aliphatic hydroxyl groups excluding tert-OH is 1. The second-order valence-electron chi connectivity index (χ2n) is 7.21. The Labute approximate surface area is 196 Å². The zero-order valence-corrected chi connectivity index (χ0v) is 19.0. The van der Waals surface area contributed by atoms with Crippen LogP contribution < -0.4 is 10.1 Å². The van der Waals surface area contributed by atoms with Gasteiger partial charge in [0.25, 0.3) is 0 Å². The van der Waals surface area contributed by atoms with Crippen LogP contribution in [0.5, 0.6) is 5.75 Å². The summed E-state index contributed by atoms with van der Waals surface area (Å²) in [6.45, 7) is 3.39. The lowest BCUT2D eigenvalue weighted by atomic mass is 10.1. The molecule has 0 saturated carbocycles. The molecule has 0 spiro atoms. The first-order valence-corrected chi connectivity index (χ1v) is 10.7. The van der Waals surface area contributed by atoms with E-state index in [-0.39, 0.29) is 11.4 Å². The van der Waals surface area contributed by atoms with Crippen LogP contribution in [0.4, 0.5) is 10.1 Å². The van der Waals surface area contributed by atoms with Gasteiger partial charge in [0.05, 0.1) is 6.10 Å². The minimum Gasteiger partial charge on any atom is -0.483 e. The third kappa shape index (κ3) is 6.10. The van der Waals surface area contributed by atoms with Crippen LogP contribution in [-0.4, -0.2) is 11.0 Å². The monoisotopic (exact) mass is 473 g/mol. The summed E-state index contributed by atoms with van der Waals surface area (Å²) < 4.78 is 20.2. The fourth-order valence-electron chi connectivity index (χ4n) is 3.07. The molecule has 0 aromatic heterocycles. The second-order valence-corrected chi connectivity index (χ2v) is 8.02. The van der Waals surface area contributed by atoms with E-state index < -0.39 is 23.9 Å². The molecular formula is C25H22Cl2FNO3. The number of carbonyl (C=O) groups excluding carboxylic acids is 1. The molecule has 0 radical (unpaired) electrons. The van der Waals surface area contributed by atoms with Crippen LogP contribution >= 0.6 is 23.2 Å². The first kappa shape index (κ1) is 23.8. The molecular weight excluding hydrogens is 452 g/mol. The van der Waals surface area contributed by atoms with Crippen molar-refractivity contribution in [2.75, 3.05) is 5.32 Å². The van der Waals surface area contributed by atoms with Gasteiger partial charge in [-0.25, -0.2) is 4.39 Å². The number of carbonyl (C=O) groups is 1. The predicted molar refractivity (Wildman–Crippen MR) is 127 cm³/mol. The van der Waals surface area contributed by atoms with Gasteiger partial charge in [-0.15, -0.1) is 0 Å². The lowest BCUT2D eigenvalue weighted by Crippen LogP contribution is -2.09. The maximum Gasteiger partial charge on any atom is 0.248 e. The highest BCUT2D eigenvalue weighted by Crippen LogP contribution is 2.30. The number of anilines is 1. The molecule has 4 nitrogen and oxygen atoms in total. The van der Waals surface area contributed by atoms with Gasteiger partial charge in [0.1, 0.15) is 6.10 Å². The molecule has 32 heavy (non-hydrogen) atoms. The number of hydrogen-bond acceptors (Lipinski definition) is 3. The Morgan fingerprint density at radius 3 is 2.44 bits per heavy atom. The number of benzene rings is 3. The summed E-state index contributed by atoms with van der Waals surface area (Å²) in [4.78, 5) is 12.2. The van der Waals surface area contributed by atoms with Crippen LogP contribution in [0.1, 0.15) is 42.7 Å². The van der Waals surface area contributed by atoms with Gasteiger partial charge in [0.15, 0.2) is 11.6 Å². The largest absolute Gasteiger partial charge is 0.483 e. The Kier molecular flexibility index (Phi) is 7.91. The number of amides is 1. The SMILES string of the molecule is CC(O)c1cc(/C=C/C(=O)Nc2ccc(OC(C)c3ccccc3Cl)c(F)c2)ccc1Cl. The molecule has 0 aliphatic carbocycles. The van der Waals surface area contributed by atoms with E-state index in [4.69, 9.17) is 27.9 Å². The number of nitrogens with one attached hydrogen (secondary N) is 1. The molecule has 0 aliphatic heterocycles. The maximum absolute atomic E-state index is 14.5. The van der Waals surface area contributed by atoms with Crippen molar-refractivity contribution < 1.29 is 19.0 Å². The maximum atomic E-state index is 14.5. The fourth-order valence-corrected chi connectivity index (χ4v) is 3.64. The Hall–Kier alpha value is -2.86. The van der Waals surface area contributed by atoms with Crippen molar-refractivity contribution in [3.05, 3.63) is 99.3 Å². The van der Waals surface area contributed by atoms with Gasteiger partial charge >= 0.3 is 0 Å². The fraction of sp³-hybridized carbons (Fsp3) is 0.160. The molecule has 3 rings (SSSR count). The van der Waals surface area contributed by atoms with Gasteiger partial charge in [0, 0.05) is 33.4 Å². The first-order chi connectivity index (χ1) is 15.2. The summed E-state index contributed by atoms with van der Waals surface area (Å²) in [5, 5.41) is 13.3. The average Bonchev–Trinajstić information content (AvgIpc) is 2.75. The van der Waals surface area contributed by atoms with Crippen molar-refractivity contribution in [2.45, 2.75) is 26.1 Å². The first-order valence-electron chi connectivity index (χ1n) is 9.92. The standard InChI is InChI=1S/C25H22Cl2FNO3/c1-15(30)20-13-17(7-10-22(20)27)8-12-25(31)29-18-9-11-24(23(28)14-18)32-16(2)19-5-3-4-6-21(19)26/h3-16,30H,1-2H3,(H,29,31)/b12-8+. The number of ether oxygens (including phenoxy) is 1. The summed E-state index contributed by atoms with van der Waals surface area (Å²) in [7, 11) is 0. The third-order valence-electron chi connectivity index (χ3n) is 4.74. The molecule has 2 N–H and O–H groups in total. The number of rotatable bonds is 7. The minimum atomic E-state index is -0.728. The van der Waals surface area contributed by atoms with Crippen LogP contribution in [0.15, 0.2) is 66.7 Å². The molecule has 2 unspecified atom stereocenters. The Morgan fingerprint density at radius 1 is 1.03 bits per heavy atom. The highest BCUT2D eigenvalue weighted by molar-refractivity contribution is 6.31. The number of aliphatic hydroxyl groups is 1. The number of halogens is 3. The van der Waals surface area contributed by atoms with Crippen molar-refractivity contribution in [1.29, 1.82) is 0 Å². The summed E-state index contributed by atoms with van der Waals surface area (Å²) in [5.41, 5.74) is 2.30. The number of hydrogen-bond donors (Lipinski definition) is 2. The molecule has 3 aromatic rings. The molecule has 0 saturated heterocycles. The summed E-state index contributed by atoms with van der Waals surface area (Å²) in [6, 6.07) is 16.5. The highest BCUT2D eigenvalue weighted by atomic mass is 35.5. The lowest BCUT2D eigenvalue weighted by Gasteiger charge is -2.17. The molecule has 0 fully saturated rings. The molecule has 0 heterocycles. The zero-order chi connectivity index (χ0) is 23.3. The van der Waals surface area contributed by atoms with Crippen LogP contribution in [0.3, 0.4) is 0 Å². The van der Waals surface area contributed by atoms with Crippen LogP contribution in [0.25, 0.3) is 6.08 Å². The quantitative estimate of drug-likeness (QED) is 0.364. The summed E-state index contributed by atoms with van der Waals surface area (Å²) >= 11 is 12.2. The van der Waals surface area contributed by atoms with E-state index in [2.05, 4.69) is 5.32 Å². The van der Waals surface area contributed by atoms with E-state index >= 15 is 0 Å². The van der Waals surface area contributed by atoms with Gasteiger partial charge in [-0.2, -0.15) is 0 Å². The molecule has 0 bridgehead atoms. The van der Waals surface area contributed by atoms with Crippen molar-refractivity contribution in [1.82, 2.24) is 0 Å². The van der Waals surface area contributed by atoms with Crippen molar-refractivity contribution in [3.8, 4) is 5.75 Å². The van der Waals surface area contributed by atoms with Gasteiger partial charge in [-0.3, -0.25) is 4.79 Å². The average molecular weight is 474 g/mol. The van der Waals surface area contributed by atoms with Gasteiger partial charge < -0.3 is 15.2 Å².